The summed E-state index contributed by atoms with van der Waals surface area (Å²) in [6, 6.07) is 15.2. The van der Waals surface area contributed by atoms with E-state index >= 15 is 0 Å². The van der Waals surface area contributed by atoms with Crippen LogP contribution in [0, 0.1) is 5.92 Å². The van der Waals surface area contributed by atoms with Crippen molar-refractivity contribution in [1.82, 2.24) is 10.6 Å². The van der Waals surface area contributed by atoms with E-state index in [1.54, 1.807) is 6.92 Å². The van der Waals surface area contributed by atoms with Crippen LogP contribution in [0.2, 0.25) is 0 Å². The van der Waals surface area contributed by atoms with Crippen molar-refractivity contribution in [1.29, 1.82) is 0 Å². The third-order valence-electron chi connectivity index (χ3n) is 6.72. The van der Waals surface area contributed by atoms with E-state index in [-0.39, 0.29) is 31.4 Å². The third kappa shape index (κ3) is 6.83. The Morgan fingerprint density at radius 2 is 1.68 bits per heavy atom. The van der Waals surface area contributed by atoms with Crippen molar-refractivity contribution in [3.8, 4) is 11.1 Å². The molecule has 38 heavy (non-hydrogen) atoms. The molecule has 1 aliphatic rings. The summed E-state index contributed by atoms with van der Waals surface area (Å²) in [6.45, 7) is 5.66. The van der Waals surface area contributed by atoms with Gasteiger partial charge in [0.1, 0.15) is 18.2 Å². The highest BCUT2D eigenvalue weighted by atomic mass is 16.5. The lowest BCUT2D eigenvalue weighted by atomic mass is 9.93. The van der Waals surface area contributed by atoms with Crippen molar-refractivity contribution in [2.45, 2.75) is 57.5 Å². The van der Waals surface area contributed by atoms with Crippen molar-refractivity contribution >= 4 is 18.0 Å². The summed E-state index contributed by atoms with van der Waals surface area (Å²) in [5.74, 6) is -1.13. The Balaban J connectivity index is 1.74. The molecule has 0 heterocycles. The van der Waals surface area contributed by atoms with Gasteiger partial charge in [-0.1, -0.05) is 67.5 Å². The minimum atomic E-state index is -1.42. The molecule has 2 atom stereocenters. The monoisotopic (exact) mass is 521 g/mol. The summed E-state index contributed by atoms with van der Waals surface area (Å²) in [6.07, 6.45) is 0.118. The number of hydrogen-bond acceptors (Lipinski definition) is 6. The zero-order valence-corrected chi connectivity index (χ0v) is 22.3. The largest absolute Gasteiger partial charge is 0.467 e. The first-order valence-electron chi connectivity index (χ1n) is 12.7. The minimum absolute atomic E-state index is 0.0917. The summed E-state index contributed by atoms with van der Waals surface area (Å²) in [5, 5.41) is 8.94. The Morgan fingerprint density at radius 3 is 2.24 bits per heavy atom. The van der Waals surface area contributed by atoms with E-state index < -0.39 is 29.6 Å². The molecule has 2 amide bonds. The van der Waals surface area contributed by atoms with E-state index in [9.17, 15) is 14.4 Å². The summed E-state index contributed by atoms with van der Waals surface area (Å²) in [4.78, 5) is 41.4. The van der Waals surface area contributed by atoms with Crippen LogP contribution < -0.4 is 10.6 Å². The SMILES string of the molecule is COC(=O)[C@H](CC(C)C)NC(=O)[C@](C)(CCCN=[N+]=[N-])NC(=O)OCC1c2ccccc2-c2ccccc21. The van der Waals surface area contributed by atoms with Gasteiger partial charge in [0, 0.05) is 17.4 Å². The Labute approximate surface area is 222 Å². The predicted octanol–water partition coefficient (Wildman–Crippen LogP) is 5.08. The van der Waals surface area contributed by atoms with Gasteiger partial charge in [-0.15, -0.1) is 0 Å². The van der Waals surface area contributed by atoms with Crippen molar-refractivity contribution < 1.29 is 23.9 Å². The van der Waals surface area contributed by atoms with Crippen molar-refractivity contribution in [2.75, 3.05) is 20.3 Å². The number of ether oxygens (including phenoxy) is 2. The number of rotatable bonds is 12. The molecular weight excluding hydrogens is 486 g/mol. The Kier molecular flexibility index (Phi) is 9.73. The van der Waals surface area contributed by atoms with Crippen LogP contribution in [0.1, 0.15) is 57.1 Å². The van der Waals surface area contributed by atoms with Crippen LogP contribution in [-0.4, -0.2) is 49.8 Å². The number of benzene rings is 2. The minimum Gasteiger partial charge on any atom is -0.467 e. The molecule has 0 fully saturated rings. The van der Waals surface area contributed by atoms with Gasteiger partial charge >= 0.3 is 12.1 Å². The van der Waals surface area contributed by atoms with Gasteiger partial charge in [-0.2, -0.15) is 0 Å². The van der Waals surface area contributed by atoms with E-state index in [2.05, 4.69) is 20.7 Å². The second kappa shape index (κ2) is 13.0. The quantitative estimate of drug-likeness (QED) is 0.132. The van der Waals surface area contributed by atoms with E-state index in [4.69, 9.17) is 15.0 Å². The van der Waals surface area contributed by atoms with Crippen LogP contribution in [0.4, 0.5) is 4.79 Å². The van der Waals surface area contributed by atoms with Crippen molar-refractivity contribution in [3.05, 3.63) is 70.1 Å². The molecule has 2 aromatic rings. The van der Waals surface area contributed by atoms with Gasteiger partial charge < -0.3 is 20.1 Å². The molecule has 0 saturated carbocycles. The molecule has 0 aliphatic heterocycles. The average Bonchev–Trinajstić information content (AvgIpc) is 3.22. The van der Waals surface area contributed by atoms with Gasteiger partial charge in [-0.25, -0.2) is 9.59 Å². The van der Waals surface area contributed by atoms with Gasteiger partial charge in [0.2, 0.25) is 5.91 Å². The molecule has 0 unspecified atom stereocenters. The number of nitrogens with one attached hydrogen (secondary N) is 2. The standard InChI is InChI=1S/C28H35N5O5/c1-18(2)16-24(25(34)37-4)31-26(35)28(3,14-9-15-30-33-29)32-27(36)38-17-23-21-12-7-5-10-19(21)20-11-6-8-13-22(20)23/h5-8,10-13,18,23-24H,9,14-17H2,1-4H3,(H,31,35)(H,32,36)/t24-,28-/m0/s1. The number of methoxy groups -OCH3 is 1. The maximum Gasteiger partial charge on any atom is 0.408 e. The maximum absolute atomic E-state index is 13.4. The molecular formula is C28H35N5O5. The third-order valence-corrected chi connectivity index (χ3v) is 6.72. The van der Waals surface area contributed by atoms with Crippen molar-refractivity contribution in [3.63, 3.8) is 0 Å². The van der Waals surface area contributed by atoms with E-state index in [1.807, 2.05) is 62.4 Å². The van der Waals surface area contributed by atoms with Crippen LogP contribution in [0.3, 0.4) is 0 Å². The highest BCUT2D eigenvalue weighted by Crippen LogP contribution is 2.44. The van der Waals surface area contributed by atoms with Crippen LogP contribution in [-0.2, 0) is 19.1 Å². The van der Waals surface area contributed by atoms with Gasteiger partial charge in [0.15, 0.2) is 0 Å². The summed E-state index contributed by atoms with van der Waals surface area (Å²) < 4.78 is 10.5. The van der Waals surface area contributed by atoms with Crippen LogP contribution >= 0.6 is 0 Å². The molecule has 0 saturated heterocycles. The lowest BCUT2D eigenvalue weighted by Crippen LogP contribution is -2.60. The second-order valence-electron chi connectivity index (χ2n) is 10.0. The average molecular weight is 522 g/mol. The fourth-order valence-electron chi connectivity index (χ4n) is 4.79. The van der Waals surface area contributed by atoms with Gasteiger partial charge in [-0.05, 0) is 59.9 Å². The molecule has 3 rings (SSSR count). The summed E-state index contributed by atoms with van der Waals surface area (Å²) in [5.41, 5.74) is 11.5. The molecule has 10 nitrogen and oxygen atoms in total. The van der Waals surface area contributed by atoms with E-state index in [0.29, 0.717) is 12.8 Å². The number of alkyl carbamates (subject to hydrolysis) is 1. The first kappa shape index (κ1) is 28.5. The molecule has 10 heteroatoms. The Hall–Kier alpha value is -4.04. The lowest BCUT2D eigenvalue weighted by molar-refractivity contribution is -0.146. The number of fused-ring (bicyclic) bond motifs is 3. The van der Waals surface area contributed by atoms with Gasteiger partial charge in [0.05, 0.1) is 7.11 Å². The zero-order chi connectivity index (χ0) is 27.7. The van der Waals surface area contributed by atoms with Gasteiger partial charge in [-0.3, -0.25) is 4.79 Å². The number of nitrogens with zero attached hydrogens (tertiary/aromatic N) is 3. The fraction of sp³-hybridized carbons (Fsp3) is 0.464. The molecule has 1 aliphatic carbocycles. The second-order valence-corrected chi connectivity index (χ2v) is 10.0. The molecule has 202 valence electrons. The van der Waals surface area contributed by atoms with E-state index in [0.717, 1.165) is 22.3 Å². The number of amides is 2. The number of hydrogen-bond donors (Lipinski definition) is 2. The molecule has 2 N–H and O–H groups in total. The van der Waals surface area contributed by atoms with Crippen LogP contribution in [0.15, 0.2) is 53.6 Å². The van der Waals surface area contributed by atoms with Gasteiger partial charge in [0.25, 0.3) is 0 Å². The smallest absolute Gasteiger partial charge is 0.408 e. The maximum atomic E-state index is 13.4. The number of esters is 1. The highest BCUT2D eigenvalue weighted by molar-refractivity contribution is 5.92. The number of carbonyl (C=O) groups excluding carboxylic acids is 3. The molecule has 2 aromatic carbocycles. The topological polar surface area (TPSA) is 142 Å². The summed E-state index contributed by atoms with van der Waals surface area (Å²) >= 11 is 0. The Morgan fingerprint density at radius 1 is 1.08 bits per heavy atom. The van der Waals surface area contributed by atoms with Crippen LogP contribution in [0.5, 0.6) is 0 Å². The molecule has 0 bridgehead atoms. The lowest BCUT2D eigenvalue weighted by Gasteiger charge is -2.31. The molecule has 0 aromatic heterocycles. The Bertz CT molecular complexity index is 1160. The number of carbonyl (C=O) groups is 3. The van der Waals surface area contributed by atoms with Crippen LogP contribution in [0.25, 0.3) is 21.6 Å². The zero-order valence-electron chi connectivity index (χ0n) is 22.3. The first-order chi connectivity index (χ1) is 18.2. The summed E-state index contributed by atoms with van der Waals surface area (Å²) in [7, 11) is 1.26. The van der Waals surface area contributed by atoms with E-state index in [1.165, 1.54) is 7.11 Å². The number of azide groups is 1. The predicted molar refractivity (Wildman–Crippen MR) is 143 cm³/mol. The first-order valence-corrected chi connectivity index (χ1v) is 12.7. The normalized spacial score (nSPS) is 14.3. The molecule has 0 radical (unpaired) electrons. The molecule has 0 spiro atoms. The fourth-order valence-corrected chi connectivity index (χ4v) is 4.79. The highest BCUT2D eigenvalue weighted by Gasteiger charge is 2.38. The van der Waals surface area contributed by atoms with Crippen molar-refractivity contribution in [2.24, 2.45) is 11.0 Å².